The van der Waals surface area contributed by atoms with Crippen molar-refractivity contribution in [1.29, 1.82) is 5.26 Å². The summed E-state index contributed by atoms with van der Waals surface area (Å²) < 4.78 is 11.6. The van der Waals surface area contributed by atoms with Gasteiger partial charge in [0.25, 0.3) is 5.91 Å². The topological polar surface area (TPSA) is 71.3 Å². The van der Waals surface area contributed by atoms with E-state index in [9.17, 15) is 10.1 Å². The van der Waals surface area contributed by atoms with Crippen molar-refractivity contribution in [1.82, 2.24) is 0 Å². The Labute approximate surface area is 192 Å². The van der Waals surface area contributed by atoms with Crippen LogP contribution in [0, 0.1) is 18.3 Å². The van der Waals surface area contributed by atoms with Gasteiger partial charge in [0.2, 0.25) is 0 Å². The summed E-state index contributed by atoms with van der Waals surface area (Å²) in [6.45, 7) is 4.61. The van der Waals surface area contributed by atoms with Crippen LogP contribution in [-0.4, -0.2) is 12.5 Å². The third-order valence-electron chi connectivity index (χ3n) is 4.61. The van der Waals surface area contributed by atoms with E-state index in [4.69, 9.17) is 21.1 Å². The Morgan fingerprint density at radius 2 is 1.84 bits per heavy atom. The fraction of sp³-hybridized carbons (Fsp3) is 0.154. The monoisotopic (exact) mass is 446 g/mol. The molecule has 3 rings (SSSR count). The smallest absolute Gasteiger partial charge is 0.266 e. The molecule has 0 heterocycles. The van der Waals surface area contributed by atoms with Crippen LogP contribution in [-0.2, 0) is 11.4 Å². The van der Waals surface area contributed by atoms with Crippen LogP contribution in [0.4, 0.5) is 5.69 Å². The summed E-state index contributed by atoms with van der Waals surface area (Å²) in [6, 6.07) is 22.3. The van der Waals surface area contributed by atoms with E-state index in [0.29, 0.717) is 41.0 Å². The van der Waals surface area contributed by atoms with Crippen molar-refractivity contribution in [3.8, 4) is 17.6 Å². The van der Waals surface area contributed by atoms with Crippen molar-refractivity contribution >= 4 is 29.3 Å². The van der Waals surface area contributed by atoms with Gasteiger partial charge >= 0.3 is 0 Å². The molecule has 0 unspecified atom stereocenters. The number of carbonyl (C=O) groups excluding carboxylic acids is 1. The number of hydrogen-bond acceptors (Lipinski definition) is 4. The van der Waals surface area contributed by atoms with Crippen LogP contribution in [0.25, 0.3) is 6.08 Å². The maximum atomic E-state index is 12.6. The first-order valence-electron chi connectivity index (χ1n) is 10.1. The Hall–Kier alpha value is -3.75. The number of hydrogen-bond donors (Lipinski definition) is 1. The van der Waals surface area contributed by atoms with Crippen LogP contribution >= 0.6 is 11.6 Å². The average molecular weight is 447 g/mol. The standard InChI is InChI=1S/C26H23ClN2O3/c1-3-31-25-14-20(10-12-24(25)32-17-19-7-5-4-6-8-19)13-21(16-28)26(30)29-22-11-9-18(2)23(27)15-22/h4-15H,3,17H2,1-2H3,(H,29,30)/b21-13+. The van der Waals surface area contributed by atoms with Gasteiger partial charge in [-0.1, -0.05) is 54.1 Å². The molecule has 0 aliphatic heterocycles. The number of halogens is 1. The Morgan fingerprint density at radius 3 is 2.53 bits per heavy atom. The van der Waals surface area contributed by atoms with E-state index >= 15 is 0 Å². The Balaban J connectivity index is 1.78. The van der Waals surface area contributed by atoms with Gasteiger partial charge in [-0.25, -0.2) is 0 Å². The van der Waals surface area contributed by atoms with Crippen LogP contribution in [0.3, 0.4) is 0 Å². The number of nitriles is 1. The normalized spacial score (nSPS) is 10.9. The molecule has 1 N–H and O–H groups in total. The van der Waals surface area contributed by atoms with Crippen molar-refractivity contribution in [2.75, 3.05) is 11.9 Å². The molecule has 0 bridgehead atoms. The van der Waals surface area contributed by atoms with E-state index < -0.39 is 5.91 Å². The summed E-state index contributed by atoms with van der Waals surface area (Å²) >= 11 is 6.11. The second kappa shape index (κ2) is 11.0. The summed E-state index contributed by atoms with van der Waals surface area (Å²) in [5.41, 5.74) is 3.07. The SMILES string of the molecule is CCOc1cc(/C=C(\C#N)C(=O)Nc2ccc(C)c(Cl)c2)ccc1OCc1ccccc1. The van der Waals surface area contributed by atoms with Crippen molar-refractivity contribution in [2.45, 2.75) is 20.5 Å². The fourth-order valence-electron chi connectivity index (χ4n) is 2.92. The number of benzene rings is 3. The highest BCUT2D eigenvalue weighted by molar-refractivity contribution is 6.31. The molecule has 0 atom stereocenters. The van der Waals surface area contributed by atoms with Gasteiger partial charge in [0.05, 0.1) is 6.61 Å². The number of rotatable bonds is 8. The van der Waals surface area contributed by atoms with Gasteiger partial charge in [-0.2, -0.15) is 5.26 Å². The molecule has 0 saturated heterocycles. The Morgan fingerprint density at radius 1 is 1.06 bits per heavy atom. The van der Waals surface area contributed by atoms with E-state index in [1.54, 1.807) is 36.4 Å². The molecule has 3 aromatic carbocycles. The van der Waals surface area contributed by atoms with Gasteiger partial charge in [-0.3, -0.25) is 4.79 Å². The Kier molecular flexibility index (Phi) is 7.91. The Bertz CT molecular complexity index is 1170. The second-order valence-corrected chi connectivity index (χ2v) is 7.41. The lowest BCUT2D eigenvalue weighted by Crippen LogP contribution is -2.13. The minimum atomic E-state index is -0.519. The maximum Gasteiger partial charge on any atom is 0.266 e. The molecule has 3 aromatic rings. The molecule has 0 radical (unpaired) electrons. The number of nitrogens with one attached hydrogen (secondary N) is 1. The molecular formula is C26H23ClN2O3. The summed E-state index contributed by atoms with van der Waals surface area (Å²) in [6.07, 6.45) is 1.51. The van der Waals surface area contributed by atoms with Gasteiger partial charge in [0, 0.05) is 10.7 Å². The van der Waals surface area contributed by atoms with E-state index in [1.165, 1.54) is 6.08 Å². The van der Waals surface area contributed by atoms with E-state index in [-0.39, 0.29) is 5.57 Å². The van der Waals surface area contributed by atoms with Crippen LogP contribution in [0.2, 0.25) is 5.02 Å². The minimum absolute atomic E-state index is 0.0397. The number of nitrogens with zero attached hydrogens (tertiary/aromatic N) is 1. The largest absolute Gasteiger partial charge is 0.490 e. The van der Waals surface area contributed by atoms with E-state index in [0.717, 1.165) is 11.1 Å². The molecule has 0 aromatic heterocycles. The van der Waals surface area contributed by atoms with Crippen molar-refractivity contribution in [3.63, 3.8) is 0 Å². The first kappa shape index (κ1) is 22.9. The third-order valence-corrected chi connectivity index (χ3v) is 5.02. The zero-order valence-electron chi connectivity index (χ0n) is 17.9. The minimum Gasteiger partial charge on any atom is -0.490 e. The lowest BCUT2D eigenvalue weighted by molar-refractivity contribution is -0.112. The highest BCUT2D eigenvalue weighted by Crippen LogP contribution is 2.30. The quantitative estimate of drug-likeness (QED) is 0.331. The highest BCUT2D eigenvalue weighted by atomic mass is 35.5. The van der Waals surface area contributed by atoms with Crippen LogP contribution in [0.15, 0.2) is 72.3 Å². The molecule has 6 heteroatoms. The van der Waals surface area contributed by atoms with Crippen molar-refractivity contribution < 1.29 is 14.3 Å². The van der Waals surface area contributed by atoms with E-state index in [1.807, 2.05) is 50.2 Å². The molecule has 0 aliphatic rings. The summed E-state index contributed by atoms with van der Waals surface area (Å²) in [4.78, 5) is 12.6. The zero-order chi connectivity index (χ0) is 22.9. The molecule has 0 spiro atoms. The molecule has 0 aliphatic carbocycles. The molecule has 1 amide bonds. The van der Waals surface area contributed by atoms with Crippen LogP contribution < -0.4 is 14.8 Å². The summed E-state index contributed by atoms with van der Waals surface area (Å²) in [5.74, 6) is 0.611. The van der Waals surface area contributed by atoms with Crippen molar-refractivity contribution in [3.05, 3.63) is 94.0 Å². The van der Waals surface area contributed by atoms with Gasteiger partial charge in [0.1, 0.15) is 18.2 Å². The van der Waals surface area contributed by atoms with Gasteiger partial charge in [-0.05, 0) is 60.9 Å². The van der Waals surface area contributed by atoms with Crippen LogP contribution in [0.5, 0.6) is 11.5 Å². The number of aryl methyl sites for hydroxylation is 1. The number of anilines is 1. The van der Waals surface area contributed by atoms with Crippen LogP contribution in [0.1, 0.15) is 23.6 Å². The van der Waals surface area contributed by atoms with E-state index in [2.05, 4.69) is 5.32 Å². The first-order chi connectivity index (χ1) is 15.5. The molecule has 162 valence electrons. The molecule has 5 nitrogen and oxygen atoms in total. The second-order valence-electron chi connectivity index (χ2n) is 7.00. The van der Waals surface area contributed by atoms with Gasteiger partial charge in [0.15, 0.2) is 11.5 Å². The average Bonchev–Trinajstić information content (AvgIpc) is 2.80. The fourth-order valence-corrected chi connectivity index (χ4v) is 3.10. The molecule has 32 heavy (non-hydrogen) atoms. The maximum absolute atomic E-state index is 12.6. The highest BCUT2D eigenvalue weighted by Gasteiger charge is 2.12. The molecular weight excluding hydrogens is 424 g/mol. The van der Waals surface area contributed by atoms with Gasteiger partial charge < -0.3 is 14.8 Å². The summed E-state index contributed by atoms with van der Waals surface area (Å²) in [5, 5.41) is 12.8. The molecule has 0 fully saturated rings. The van der Waals surface area contributed by atoms with Gasteiger partial charge in [-0.15, -0.1) is 0 Å². The predicted molar refractivity (Wildman–Crippen MR) is 127 cm³/mol. The lowest BCUT2D eigenvalue weighted by atomic mass is 10.1. The lowest BCUT2D eigenvalue weighted by Gasteiger charge is -2.13. The number of amides is 1. The first-order valence-corrected chi connectivity index (χ1v) is 10.5. The molecule has 0 saturated carbocycles. The number of carbonyl (C=O) groups is 1. The number of ether oxygens (including phenoxy) is 2. The predicted octanol–water partition coefficient (Wildman–Crippen LogP) is 6.17. The summed E-state index contributed by atoms with van der Waals surface area (Å²) in [7, 11) is 0. The van der Waals surface area contributed by atoms with Crippen molar-refractivity contribution in [2.24, 2.45) is 0 Å². The zero-order valence-corrected chi connectivity index (χ0v) is 18.6. The third kappa shape index (κ3) is 6.13.